The van der Waals surface area contributed by atoms with Crippen LogP contribution in [0.25, 0.3) is 0 Å². The van der Waals surface area contributed by atoms with Gasteiger partial charge in [0.15, 0.2) is 0 Å². The lowest BCUT2D eigenvalue weighted by Gasteiger charge is -2.28. The third-order valence-corrected chi connectivity index (χ3v) is 2.98. The number of rotatable bonds is 2. The Morgan fingerprint density at radius 3 is 2.41 bits per heavy atom. The van der Waals surface area contributed by atoms with Crippen molar-refractivity contribution in [3.8, 4) is 0 Å². The number of aryl methyl sites for hydroxylation is 3. The highest BCUT2D eigenvalue weighted by molar-refractivity contribution is 6.25. The van der Waals surface area contributed by atoms with E-state index in [0.29, 0.717) is 0 Å². The van der Waals surface area contributed by atoms with Gasteiger partial charge >= 0.3 is 0 Å². The fourth-order valence-electron chi connectivity index (χ4n) is 2.00. The molecule has 4 heteroatoms. The van der Waals surface area contributed by atoms with Gasteiger partial charge in [-0.3, -0.25) is 0 Å². The van der Waals surface area contributed by atoms with E-state index in [0.717, 1.165) is 16.8 Å². The molecular formula is C13H16ClN3. The summed E-state index contributed by atoms with van der Waals surface area (Å²) in [4.78, 5) is 4.19. The summed E-state index contributed by atoms with van der Waals surface area (Å²) >= 11 is 6.32. The second kappa shape index (κ2) is 4.41. The van der Waals surface area contributed by atoms with Crippen molar-refractivity contribution >= 4 is 23.5 Å². The highest BCUT2D eigenvalue weighted by Gasteiger charge is 2.26. The smallest absolute Gasteiger partial charge is 0.286 e. The average molecular weight is 250 g/mol. The van der Waals surface area contributed by atoms with Gasteiger partial charge in [0.05, 0.1) is 0 Å². The van der Waals surface area contributed by atoms with Crippen molar-refractivity contribution in [2.24, 2.45) is 4.99 Å². The molecule has 0 amide bonds. The van der Waals surface area contributed by atoms with E-state index in [1.807, 2.05) is 0 Å². The summed E-state index contributed by atoms with van der Waals surface area (Å²) in [5.41, 5.74) is 4.59. The number of halogens is 1. The Morgan fingerprint density at radius 1 is 1.24 bits per heavy atom. The number of hydrogen-bond donors (Lipinski definition) is 2. The van der Waals surface area contributed by atoms with Crippen molar-refractivity contribution in [1.29, 1.82) is 0 Å². The maximum absolute atomic E-state index is 6.32. The van der Waals surface area contributed by atoms with Gasteiger partial charge < -0.3 is 10.6 Å². The van der Waals surface area contributed by atoms with E-state index in [4.69, 9.17) is 11.6 Å². The van der Waals surface area contributed by atoms with Crippen LogP contribution >= 0.6 is 11.6 Å². The molecule has 0 saturated heterocycles. The number of hydrogen-bond acceptors (Lipinski definition) is 3. The highest BCUT2D eigenvalue weighted by atomic mass is 35.5. The van der Waals surface area contributed by atoms with Crippen molar-refractivity contribution in [3.63, 3.8) is 0 Å². The van der Waals surface area contributed by atoms with E-state index >= 15 is 0 Å². The van der Waals surface area contributed by atoms with Crippen LogP contribution in [0.1, 0.15) is 16.7 Å². The van der Waals surface area contributed by atoms with Gasteiger partial charge in [0.2, 0.25) is 0 Å². The number of anilines is 1. The van der Waals surface area contributed by atoms with E-state index < -0.39 is 5.25 Å². The fraction of sp³-hybridized carbons (Fsp3) is 0.308. The molecule has 1 aliphatic rings. The molecule has 0 radical (unpaired) electrons. The van der Waals surface area contributed by atoms with E-state index in [-0.39, 0.29) is 0 Å². The molecule has 0 bridgehead atoms. The fourth-order valence-corrected chi connectivity index (χ4v) is 2.21. The molecule has 1 unspecified atom stereocenters. The molecule has 2 N–H and O–H groups in total. The van der Waals surface area contributed by atoms with Crippen LogP contribution in [0.2, 0.25) is 0 Å². The summed E-state index contributed by atoms with van der Waals surface area (Å²) in [5.74, 6) is 0. The molecule has 0 aliphatic carbocycles. The number of alkyl halides is 1. The number of aliphatic imine (C=N–C) groups is 1. The van der Waals surface area contributed by atoms with Gasteiger partial charge in [-0.25, -0.2) is 4.99 Å². The Bertz CT molecular complexity index is 470. The van der Waals surface area contributed by atoms with Gasteiger partial charge in [-0.15, -0.1) is 0 Å². The molecule has 0 aromatic heterocycles. The minimum atomic E-state index is -0.987. The largest absolute Gasteiger partial charge is 0.337 e. The van der Waals surface area contributed by atoms with Crippen molar-refractivity contribution in [2.45, 2.75) is 26.0 Å². The highest BCUT2D eigenvalue weighted by Crippen LogP contribution is 2.27. The summed E-state index contributed by atoms with van der Waals surface area (Å²) in [6.45, 7) is 6.20. The quantitative estimate of drug-likeness (QED) is 0.624. The van der Waals surface area contributed by atoms with Crippen LogP contribution in [0, 0.1) is 20.8 Å². The summed E-state index contributed by atoms with van der Waals surface area (Å²) in [6.07, 6.45) is 5.25. The Balaban J connectivity index is 2.30. The molecule has 1 heterocycles. The summed E-state index contributed by atoms with van der Waals surface area (Å²) in [7, 11) is 0. The molecule has 2 rings (SSSR count). The van der Waals surface area contributed by atoms with Crippen molar-refractivity contribution < 1.29 is 0 Å². The van der Waals surface area contributed by atoms with E-state index in [2.05, 4.69) is 48.5 Å². The molecule has 1 aromatic carbocycles. The molecule has 1 atom stereocenters. The molecule has 1 aromatic rings. The molecule has 3 nitrogen and oxygen atoms in total. The number of benzene rings is 1. The topological polar surface area (TPSA) is 36.4 Å². The van der Waals surface area contributed by atoms with Crippen molar-refractivity contribution in [1.82, 2.24) is 5.32 Å². The third kappa shape index (κ3) is 2.61. The first-order chi connectivity index (χ1) is 8.00. The lowest BCUT2D eigenvalue weighted by Crippen LogP contribution is -2.44. The van der Waals surface area contributed by atoms with Crippen molar-refractivity contribution in [3.05, 3.63) is 41.1 Å². The number of nitrogens with one attached hydrogen (secondary N) is 2. The summed E-state index contributed by atoms with van der Waals surface area (Å²) in [6, 6.07) is 4.25. The predicted octanol–water partition coefficient (Wildman–Crippen LogP) is 3.06. The van der Waals surface area contributed by atoms with E-state index in [1.165, 1.54) is 5.56 Å². The zero-order valence-corrected chi connectivity index (χ0v) is 11.0. The van der Waals surface area contributed by atoms with Crippen LogP contribution in [-0.4, -0.2) is 11.5 Å². The standard InChI is InChI=1S/C13H16ClN3/c1-9-7-10(2)12(11(3)8-9)17-13(14)15-5-4-6-16-13/h4-8,15,17H,1-3H3. The second-order valence-electron chi connectivity index (χ2n) is 4.30. The minimum Gasteiger partial charge on any atom is -0.337 e. The molecule has 0 fully saturated rings. The van der Waals surface area contributed by atoms with Crippen LogP contribution < -0.4 is 10.6 Å². The van der Waals surface area contributed by atoms with Crippen LogP contribution in [0.4, 0.5) is 5.69 Å². The van der Waals surface area contributed by atoms with Gasteiger partial charge in [-0.1, -0.05) is 17.7 Å². The minimum absolute atomic E-state index is 0.987. The van der Waals surface area contributed by atoms with Crippen LogP contribution in [-0.2, 0) is 0 Å². The Hall–Kier alpha value is -1.48. The number of nitrogens with zero attached hydrogens (tertiary/aromatic N) is 1. The molecule has 0 spiro atoms. The van der Waals surface area contributed by atoms with Crippen molar-refractivity contribution in [2.75, 3.05) is 5.32 Å². The SMILES string of the molecule is Cc1cc(C)c(NC2(Cl)N=CC=CN2)c(C)c1. The first-order valence-corrected chi connectivity index (χ1v) is 5.91. The molecule has 90 valence electrons. The second-order valence-corrected chi connectivity index (χ2v) is 4.85. The van der Waals surface area contributed by atoms with E-state index in [9.17, 15) is 0 Å². The van der Waals surface area contributed by atoms with Gasteiger partial charge in [0, 0.05) is 18.1 Å². The average Bonchev–Trinajstić information content (AvgIpc) is 2.24. The maximum atomic E-state index is 6.32. The molecule has 0 saturated carbocycles. The Morgan fingerprint density at radius 2 is 1.88 bits per heavy atom. The summed E-state index contributed by atoms with van der Waals surface area (Å²) in [5, 5.41) is 5.23. The molecular weight excluding hydrogens is 234 g/mol. The van der Waals surface area contributed by atoms with Gasteiger partial charge in [0.1, 0.15) is 0 Å². The first kappa shape index (κ1) is 12.0. The van der Waals surface area contributed by atoms with Crippen LogP contribution in [0.5, 0.6) is 0 Å². The third-order valence-electron chi connectivity index (χ3n) is 2.68. The monoisotopic (exact) mass is 249 g/mol. The molecule has 1 aliphatic heterocycles. The zero-order chi connectivity index (χ0) is 12.5. The lowest BCUT2D eigenvalue weighted by molar-refractivity contribution is 0.610. The van der Waals surface area contributed by atoms with Crippen LogP contribution in [0.3, 0.4) is 0 Å². The molecule has 17 heavy (non-hydrogen) atoms. The van der Waals surface area contributed by atoms with Gasteiger partial charge in [-0.05, 0) is 49.6 Å². The zero-order valence-electron chi connectivity index (χ0n) is 10.2. The predicted molar refractivity (Wildman–Crippen MR) is 73.6 cm³/mol. The van der Waals surface area contributed by atoms with Crippen LogP contribution in [0.15, 0.2) is 29.4 Å². The Labute approximate surface area is 107 Å². The maximum Gasteiger partial charge on any atom is 0.286 e. The normalized spacial score (nSPS) is 22.4. The van der Waals surface area contributed by atoms with Gasteiger partial charge in [0.25, 0.3) is 5.25 Å². The lowest BCUT2D eigenvalue weighted by atomic mass is 10.1. The van der Waals surface area contributed by atoms with E-state index in [1.54, 1.807) is 18.5 Å². The summed E-state index contributed by atoms with van der Waals surface area (Å²) < 4.78 is 0. The van der Waals surface area contributed by atoms with Gasteiger partial charge in [-0.2, -0.15) is 0 Å². The first-order valence-electron chi connectivity index (χ1n) is 5.53. The Kier molecular flexibility index (Phi) is 3.11. The number of allylic oxidation sites excluding steroid dienone is 1.